The van der Waals surface area contributed by atoms with Crippen LogP contribution < -0.4 is 5.32 Å². The maximum atomic E-state index is 11.8. The number of rotatable bonds is 7. The summed E-state index contributed by atoms with van der Waals surface area (Å²) in [6, 6.07) is 0.491. The molecule has 90 valence electrons. The smallest absolute Gasteiger partial charge is 0.0391 e. The Morgan fingerprint density at radius 3 is 2.60 bits per heavy atom. The van der Waals surface area contributed by atoms with Gasteiger partial charge in [0.25, 0.3) is 0 Å². The molecule has 0 amide bonds. The van der Waals surface area contributed by atoms with Crippen molar-refractivity contribution in [1.29, 1.82) is 0 Å². The SMILES string of the molecule is CCCCS(=O)CC(NC)C1CCCC1. The highest BCUT2D eigenvalue weighted by Gasteiger charge is 2.24. The van der Waals surface area contributed by atoms with Crippen LogP contribution in [0.3, 0.4) is 0 Å². The summed E-state index contributed by atoms with van der Waals surface area (Å²) in [5.74, 6) is 2.53. The van der Waals surface area contributed by atoms with Gasteiger partial charge in [0.15, 0.2) is 0 Å². The van der Waals surface area contributed by atoms with Gasteiger partial charge in [0.1, 0.15) is 0 Å². The van der Waals surface area contributed by atoms with Crippen molar-refractivity contribution in [3.63, 3.8) is 0 Å². The molecule has 1 rings (SSSR count). The predicted molar refractivity (Wildman–Crippen MR) is 67.6 cm³/mol. The molecule has 0 aromatic carbocycles. The van der Waals surface area contributed by atoms with Gasteiger partial charge < -0.3 is 5.32 Å². The third-order valence-corrected chi connectivity index (χ3v) is 4.91. The summed E-state index contributed by atoms with van der Waals surface area (Å²) in [5, 5.41) is 3.36. The Balaban J connectivity index is 2.28. The summed E-state index contributed by atoms with van der Waals surface area (Å²) in [4.78, 5) is 0. The van der Waals surface area contributed by atoms with Crippen LogP contribution in [0.25, 0.3) is 0 Å². The maximum Gasteiger partial charge on any atom is 0.0391 e. The van der Waals surface area contributed by atoms with E-state index in [0.717, 1.165) is 30.3 Å². The highest BCUT2D eigenvalue weighted by molar-refractivity contribution is 7.85. The summed E-state index contributed by atoms with van der Waals surface area (Å²) >= 11 is 0. The van der Waals surface area contributed by atoms with Crippen molar-refractivity contribution >= 4 is 10.8 Å². The first-order chi connectivity index (χ1) is 7.27. The van der Waals surface area contributed by atoms with Gasteiger partial charge in [0.05, 0.1) is 0 Å². The molecule has 0 aliphatic heterocycles. The zero-order valence-electron chi connectivity index (χ0n) is 10.1. The quantitative estimate of drug-likeness (QED) is 0.728. The fraction of sp³-hybridized carbons (Fsp3) is 1.00. The lowest BCUT2D eigenvalue weighted by Crippen LogP contribution is -2.37. The van der Waals surface area contributed by atoms with Crippen LogP contribution in [0.5, 0.6) is 0 Å². The molecule has 1 aliphatic carbocycles. The van der Waals surface area contributed by atoms with Crippen molar-refractivity contribution in [3.05, 3.63) is 0 Å². The lowest BCUT2D eigenvalue weighted by Gasteiger charge is -2.22. The normalized spacial score (nSPS) is 21.7. The zero-order chi connectivity index (χ0) is 11.1. The first-order valence-corrected chi connectivity index (χ1v) is 7.79. The molecule has 0 radical (unpaired) electrons. The summed E-state index contributed by atoms with van der Waals surface area (Å²) in [5.41, 5.74) is 0. The van der Waals surface area contributed by atoms with Crippen LogP contribution in [0.4, 0.5) is 0 Å². The molecule has 1 N–H and O–H groups in total. The predicted octanol–water partition coefficient (Wildman–Crippen LogP) is 2.31. The Kier molecular flexibility index (Phi) is 6.50. The van der Waals surface area contributed by atoms with Gasteiger partial charge >= 0.3 is 0 Å². The van der Waals surface area contributed by atoms with Crippen LogP contribution in [-0.2, 0) is 10.8 Å². The van der Waals surface area contributed by atoms with Gasteiger partial charge in [-0.3, -0.25) is 4.21 Å². The summed E-state index contributed by atoms with van der Waals surface area (Å²) in [6.07, 6.45) is 7.65. The van der Waals surface area contributed by atoms with Crippen LogP contribution in [0, 0.1) is 5.92 Å². The number of hydrogen-bond acceptors (Lipinski definition) is 2. The van der Waals surface area contributed by atoms with E-state index in [-0.39, 0.29) is 0 Å². The molecule has 2 nitrogen and oxygen atoms in total. The van der Waals surface area contributed by atoms with E-state index in [1.807, 2.05) is 7.05 Å². The topological polar surface area (TPSA) is 29.1 Å². The number of hydrogen-bond donors (Lipinski definition) is 1. The van der Waals surface area contributed by atoms with Gasteiger partial charge in [-0.2, -0.15) is 0 Å². The van der Waals surface area contributed by atoms with Crippen molar-refractivity contribution in [3.8, 4) is 0 Å². The third-order valence-electron chi connectivity index (χ3n) is 3.43. The van der Waals surface area contributed by atoms with Crippen LogP contribution in [-0.4, -0.2) is 28.8 Å². The van der Waals surface area contributed by atoms with Crippen molar-refractivity contribution in [2.24, 2.45) is 5.92 Å². The maximum absolute atomic E-state index is 11.8. The molecule has 0 bridgehead atoms. The molecular weight excluding hydrogens is 206 g/mol. The molecule has 1 fully saturated rings. The van der Waals surface area contributed by atoms with E-state index < -0.39 is 10.8 Å². The van der Waals surface area contributed by atoms with Crippen LogP contribution in [0.15, 0.2) is 0 Å². The highest BCUT2D eigenvalue weighted by atomic mass is 32.2. The number of nitrogens with one attached hydrogen (secondary N) is 1. The van der Waals surface area contributed by atoms with Crippen LogP contribution in [0.2, 0.25) is 0 Å². The molecule has 0 spiro atoms. The molecule has 3 heteroatoms. The van der Waals surface area contributed by atoms with Crippen LogP contribution >= 0.6 is 0 Å². The second-order valence-corrected chi connectivity index (χ2v) is 6.23. The first-order valence-electron chi connectivity index (χ1n) is 6.30. The lowest BCUT2D eigenvalue weighted by molar-refractivity contribution is 0.408. The van der Waals surface area contributed by atoms with Crippen molar-refractivity contribution < 1.29 is 4.21 Å². The minimum atomic E-state index is -0.608. The van der Waals surface area contributed by atoms with Gasteiger partial charge in [-0.15, -0.1) is 0 Å². The summed E-state index contributed by atoms with van der Waals surface area (Å²) in [7, 11) is 1.41. The molecule has 2 unspecified atom stereocenters. The fourth-order valence-electron chi connectivity index (χ4n) is 2.40. The van der Waals surface area contributed by atoms with E-state index in [1.165, 1.54) is 25.7 Å². The summed E-state index contributed by atoms with van der Waals surface area (Å²) in [6.45, 7) is 2.16. The fourth-order valence-corrected chi connectivity index (χ4v) is 4.02. The van der Waals surface area contributed by atoms with E-state index in [0.29, 0.717) is 6.04 Å². The molecule has 0 heterocycles. The third kappa shape index (κ3) is 4.64. The average molecular weight is 231 g/mol. The Labute approximate surface area is 96.7 Å². The van der Waals surface area contributed by atoms with Crippen molar-refractivity contribution in [1.82, 2.24) is 5.32 Å². The van der Waals surface area contributed by atoms with E-state index in [9.17, 15) is 4.21 Å². The monoisotopic (exact) mass is 231 g/mol. The zero-order valence-corrected chi connectivity index (χ0v) is 10.9. The molecule has 0 aromatic heterocycles. The van der Waals surface area contributed by atoms with Gasteiger partial charge in [-0.05, 0) is 32.2 Å². The largest absolute Gasteiger partial charge is 0.316 e. The molecule has 15 heavy (non-hydrogen) atoms. The summed E-state index contributed by atoms with van der Waals surface area (Å²) < 4.78 is 11.8. The second kappa shape index (κ2) is 7.39. The van der Waals surface area contributed by atoms with Crippen molar-refractivity contribution in [2.45, 2.75) is 51.5 Å². The van der Waals surface area contributed by atoms with Gasteiger partial charge in [-0.25, -0.2) is 0 Å². The first kappa shape index (κ1) is 13.2. The molecule has 0 aromatic rings. The molecule has 2 atom stereocenters. The second-order valence-electron chi connectivity index (χ2n) is 4.60. The Morgan fingerprint density at radius 2 is 2.07 bits per heavy atom. The van der Waals surface area contributed by atoms with Gasteiger partial charge in [0.2, 0.25) is 0 Å². The van der Waals surface area contributed by atoms with E-state index in [1.54, 1.807) is 0 Å². The molecule has 1 saturated carbocycles. The molecule has 0 saturated heterocycles. The minimum absolute atomic E-state index is 0.491. The number of unbranched alkanes of at least 4 members (excludes halogenated alkanes) is 1. The van der Waals surface area contributed by atoms with E-state index >= 15 is 0 Å². The van der Waals surface area contributed by atoms with E-state index in [4.69, 9.17) is 0 Å². The van der Waals surface area contributed by atoms with Crippen LogP contribution in [0.1, 0.15) is 45.4 Å². The Bertz CT molecular complexity index is 190. The van der Waals surface area contributed by atoms with Gasteiger partial charge in [-0.1, -0.05) is 26.2 Å². The minimum Gasteiger partial charge on any atom is -0.316 e. The van der Waals surface area contributed by atoms with Gasteiger partial charge in [0, 0.05) is 28.3 Å². The Morgan fingerprint density at radius 1 is 1.40 bits per heavy atom. The highest BCUT2D eigenvalue weighted by Crippen LogP contribution is 2.27. The van der Waals surface area contributed by atoms with E-state index in [2.05, 4.69) is 12.2 Å². The lowest BCUT2D eigenvalue weighted by atomic mass is 10.0. The molecule has 1 aliphatic rings. The molecular formula is C12H25NOS. The average Bonchev–Trinajstić information content (AvgIpc) is 2.76. The Hall–Kier alpha value is 0.110. The van der Waals surface area contributed by atoms with Crippen molar-refractivity contribution in [2.75, 3.05) is 18.6 Å². The standard InChI is InChI=1S/C12H25NOS/c1-3-4-9-15(14)10-12(13-2)11-7-5-6-8-11/h11-13H,3-10H2,1-2H3.